The van der Waals surface area contributed by atoms with Crippen molar-refractivity contribution in [3.8, 4) is 0 Å². The molecule has 0 aliphatic heterocycles. The van der Waals surface area contributed by atoms with Gasteiger partial charge in [0.25, 0.3) is 0 Å². The Labute approximate surface area is 97.8 Å². The molecule has 1 rings (SSSR count). The van der Waals surface area contributed by atoms with E-state index >= 15 is 0 Å². The summed E-state index contributed by atoms with van der Waals surface area (Å²) in [4.78, 5) is 11.4. The first-order valence-corrected chi connectivity index (χ1v) is 6.19. The summed E-state index contributed by atoms with van der Waals surface area (Å²) in [6, 6.07) is 0. The van der Waals surface area contributed by atoms with Crippen molar-refractivity contribution < 1.29 is 9.90 Å². The molecular formula is C12H24N2O2. The van der Waals surface area contributed by atoms with Gasteiger partial charge < -0.3 is 15.7 Å². The predicted molar refractivity (Wildman–Crippen MR) is 64.1 cm³/mol. The standard InChI is InChI=1S/C12H24N2O2/c1-10-3-6-12(16,7-4-10)9-14-11(15)5-8-13-2/h10,13,16H,3-9H2,1-2H3,(H,14,15). The van der Waals surface area contributed by atoms with Gasteiger partial charge in [0, 0.05) is 19.5 Å². The molecule has 1 fully saturated rings. The molecule has 0 spiro atoms. The molecule has 0 aromatic carbocycles. The van der Waals surface area contributed by atoms with E-state index in [1.807, 2.05) is 7.05 Å². The van der Waals surface area contributed by atoms with Gasteiger partial charge in [0.15, 0.2) is 0 Å². The summed E-state index contributed by atoms with van der Waals surface area (Å²) in [5.74, 6) is 0.724. The molecule has 94 valence electrons. The van der Waals surface area contributed by atoms with Gasteiger partial charge in [0.1, 0.15) is 0 Å². The van der Waals surface area contributed by atoms with Gasteiger partial charge in [0.05, 0.1) is 5.60 Å². The first-order valence-electron chi connectivity index (χ1n) is 6.19. The van der Waals surface area contributed by atoms with E-state index < -0.39 is 5.60 Å². The summed E-state index contributed by atoms with van der Waals surface area (Å²) in [5, 5.41) is 16.0. The third kappa shape index (κ3) is 4.49. The summed E-state index contributed by atoms with van der Waals surface area (Å²) in [6.07, 6.45) is 4.20. The molecule has 1 aliphatic rings. The topological polar surface area (TPSA) is 61.4 Å². The normalized spacial score (nSPS) is 30.1. The number of hydrogen-bond acceptors (Lipinski definition) is 3. The lowest BCUT2D eigenvalue weighted by Gasteiger charge is -2.34. The molecule has 0 aromatic rings. The van der Waals surface area contributed by atoms with Crippen LogP contribution in [0.5, 0.6) is 0 Å². The van der Waals surface area contributed by atoms with Crippen LogP contribution in [0.15, 0.2) is 0 Å². The summed E-state index contributed by atoms with van der Waals surface area (Å²) in [5.41, 5.74) is -0.665. The van der Waals surface area contributed by atoms with E-state index in [2.05, 4.69) is 17.6 Å². The predicted octanol–water partition coefficient (Wildman–Crippen LogP) is 0.653. The van der Waals surface area contributed by atoms with Crippen molar-refractivity contribution >= 4 is 5.91 Å². The number of amides is 1. The molecule has 0 bridgehead atoms. The lowest BCUT2D eigenvalue weighted by atomic mass is 9.79. The second-order valence-electron chi connectivity index (χ2n) is 5.04. The van der Waals surface area contributed by atoms with E-state index in [4.69, 9.17) is 0 Å². The minimum absolute atomic E-state index is 0.0152. The molecule has 16 heavy (non-hydrogen) atoms. The zero-order valence-electron chi connectivity index (χ0n) is 10.4. The Morgan fingerprint density at radius 3 is 2.62 bits per heavy atom. The molecule has 0 heterocycles. The van der Waals surface area contributed by atoms with Gasteiger partial charge in [-0.05, 0) is 38.6 Å². The van der Waals surface area contributed by atoms with E-state index in [1.54, 1.807) is 0 Å². The number of carbonyl (C=O) groups is 1. The first kappa shape index (κ1) is 13.5. The van der Waals surface area contributed by atoms with Crippen LogP contribution >= 0.6 is 0 Å². The van der Waals surface area contributed by atoms with Crippen LogP contribution in [0, 0.1) is 5.92 Å². The molecular weight excluding hydrogens is 204 g/mol. The van der Waals surface area contributed by atoms with Crippen LogP contribution in [0.2, 0.25) is 0 Å². The van der Waals surface area contributed by atoms with Gasteiger partial charge in [-0.1, -0.05) is 6.92 Å². The van der Waals surface area contributed by atoms with Crippen molar-refractivity contribution in [1.29, 1.82) is 0 Å². The van der Waals surface area contributed by atoms with Crippen LogP contribution in [-0.4, -0.2) is 36.8 Å². The van der Waals surface area contributed by atoms with Gasteiger partial charge in [-0.2, -0.15) is 0 Å². The molecule has 0 unspecified atom stereocenters. The third-order valence-electron chi connectivity index (χ3n) is 3.42. The largest absolute Gasteiger partial charge is 0.388 e. The molecule has 0 aromatic heterocycles. The Morgan fingerprint density at radius 2 is 2.06 bits per heavy atom. The van der Waals surface area contributed by atoms with Crippen LogP contribution in [-0.2, 0) is 4.79 Å². The average Bonchev–Trinajstić information content (AvgIpc) is 2.28. The number of rotatable bonds is 5. The van der Waals surface area contributed by atoms with E-state index in [1.165, 1.54) is 0 Å². The Kier molecular flexibility index (Phi) is 5.22. The molecule has 1 saturated carbocycles. The lowest BCUT2D eigenvalue weighted by molar-refractivity contribution is -0.122. The monoisotopic (exact) mass is 228 g/mol. The maximum atomic E-state index is 11.4. The van der Waals surface area contributed by atoms with Crippen molar-refractivity contribution in [3.63, 3.8) is 0 Å². The summed E-state index contributed by atoms with van der Waals surface area (Å²) in [7, 11) is 1.82. The minimum Gasteiger partial charge on any atom is -0.388 e. The molecule has 0 saturated heterocycles. The molecule has 1 amide bonds. The maximum absolute atomic E-state index is 11.4. The van der Waals surface area contributed by atoms with Gasteiger partial charge in [-0.15, -0.1) is 0 Å². The minimum atomic E-state index is -0.665. The molecule has 0 atom stereocenters. The van der Waals surface area contributed by atoms with Crippen molar-refractivity contribution in [1.82, 2.24) is 10.6 Å². The van der Waals surface area contributed by atoms with Gasteiger partial charge in [-0.25, -0.2) is 0 Å². The Bertz CT molecular complexity index is 223. The molecule has 3 N–H and O–H groups in total. The average molecular weight is 228 g/mol. The maximum Gasteiger partial charge on any atom is 0.221 e. The van der Waals surface area contributed by atoms with Crippen molar-refractivity contribution in [2.24, 2.45) is 5.92 Å². The van der Waals surface area contributed by atoms with E-state index in [0.29, 0.717) is 25.4 Å². The highest BCUT2D eigenvalue weighted by atomic mass is 16.3. The first-order chi connectivity index (χ1) is 7.56. The number of aliphatic hydroxyl groups is 1. The quantitative estimate of drug-likeness (QED) is 0.647. The molecule has 4 heteroatoms. The highest BCUT2D eigenvalue weighted by Crippen LogP contribution is 2.31. The van der Waals surface area contributed by atoms with Crippen molar-refractivity contribution in [2.45, 2.75) is 44.6 Å². The summed E-state index contributed by atoms with van der Waals surface area (Å²) in [6.45, 7) is 3.30. The van der Waals surface area contributed by atoms with Crippen LogP contribution in [0.1, 0.15) is 39.0 Å². The highest BCUT2D eigenvalue weighted by Gasteiger charge is 2.31. The summed E-state index contributed by atoms with van der Waals surface area (Å²) >= 11 is 0. The van der Waals surface area contributed by atoms with Crippen LogP contribution in [0.4, 0.5) is 0 Å². The van der Waals surface area contributed by atoms with Gasteiger partial charge >= 0.3 is 0 Å². The molecule has 1 aliphatic carbocycles. The van der Waals surface area contributed by atoms with Gasteiger partial charge in [-0.3, -0.25) is 4.79 Å². The van der Waals surface area contributed by atoms with Crippen LogP contribution in [0.3, 0.4) is 0 Å². The van der Waals surface area contributed by atoms with Crippen LogP contribution in [0.25, 0.3) is 0 Å². The molecule has 0 radical (unpaired) electrons. The summed E-state index contributed by atoms with van der Waals surface area (Å²) < 4.78 is 0. The van der Waals surface area contributed by atoms with Crippen LogP contribution < -0.4 is 10.6 Å². The number of hydrogen-bond donors (Lipinski definition) is 3. The number of carbonyl (C=O) groups excluding carboxylic acids is 1. The second-order valence-corrected chi connectivity index (χ2v) is 5.04. The fourth-order valence-electron chi connectivity index (χ4n) is 2.07. The Balaban J connectivity index is 2.23. The van der Waals surface area contributed by atoms with E-state index in [0.717, 1.165) is 25.7 Å². The lowest BCUT2D eigenvalue weighted by Crippen LogP contribution is -2.45. The smallest absolute Gasteiger partial charge is 0.221 e. The Hall–Kier alpha value is -0.610. The highest BCUT2D eigenvalue weighted by molar-refractivity contribution is 5.76. The fraction of sp³-hybridized carbons (Fsp3) is 0.917. The fourth-order valence-corrected chi connectivity index (χ4v) is 2.07. The van der Waals surface area contributed by atoms with Crippen molar-refractivity contribution in [2.75, 3.05) is 20.1 Å². The van der Waals surface area contributed by atoms with Crippen molar-refractivity contribution in [3.05, 3.63) is 0 Å². The SMILES string of the molecule is CNCCC(=O)NCC1(O)CCC(C)CC1. The number of nitrogens with one attached hydrogen (secondary N) is 2. The second kappa shape index (κ2) is 6.21. The van der Waals surface area contributed by atoms with E-state index in [9.17, 15) is 9.90 Å². The molecule has 4 nitrogen and oxygen atoms in total. The van der Waals surface area contributed by atoms with E-state index in [-0.39, 0.29) is 5.91 Å². The third-order valence-corrected chi connectivity index (χ3v) is 3.42. The zero-order valence-corrected chi connectivity index (χ0v) is 10.4. The zero-order chi connectivity index (χ0) is 12.0. The Morgan fingerprint density at radius 1 is 1.44 bits per heavy atom. The van der Waals surface area contributed by atoms with Gasteiger partial charge in [0.2, 0.25) is 5.91 Å².